The smallest absolute Gasteiger partial charge is 0.232 e. The van der Waals surface area contributed by atoms with Crippen molar-refractivity contribution in [2.75, 3.05) is 28.6 Å². The molecular weight excluding hydrogens is 633 g/mol. The molecule has 0 spiro atoms. The number of nitrogen functional groups attached to an aromatic ring is 2. The zero-order valence-electron chi connectivity index (χ0n) is 27.1. The fraction of sp³-hybridized carbons (Fsp3) is 0.167. The van der Waals surface area contributed by atoms with E-state index in [9.17, 15) is 0 Å². The first-order valence-corrected chi connectivity index (χ1v) is 16.7. The molecular formula is C36H36N12S. The second-order valence-corrected chi connectivity index (χ2v) is 12.9. The molecule has 1 unspecified atom stereocenters. The Bertz CT molecular complexity index is 2060. The van der Waals surface area contributed by atoms with Crippen molar-refractivity contribution in [2.45, 2.75) is 32.9 Å². The zero-order chi connectivity index (χ0) is 33.7. The number of nitrogens with one attached hydrogen (secondary N) is 3. The predicted molar refractivity (Wildman–Crippen MR) is 196 cm³/mol. The van der Waals surface area contributed by atoms with E-state index in [0.717, 1.165) is 28.0 Å². The summed E-state index contributed by atoms with van der Waals surface area (Å²) in [6.07, 6.45) is 2.10. The van der Waals surface area contributed by atoms with Gasteiger partial charge in [-0.2, -0.15) is 29.9 Å². The molecule has 3 aromatic carbocycles. The van der Waals surface area contributed by atoms with Crippen molar-refractivity contribution in [2.24, 2.45) is 0 Å². The second kappa shape index (κ2) is 14.1. The first-order chi connectivity index (χ1) is 23.8. The number of fused-ring (bicyclic) bond motifs is 1. The van der Waals surface area contributed by atoms with Crippen molar-refractivity contribution in [1.29, 1.82) is 0 Å². The van der Waals surface area contributed by atoms with Crippen LogP contribution < -0.4 is 22.1 Å². The molecule has 1 atom stereocenters. The summed E-state index contributed by atoms with van der Waals surface area (Å²) in [6, 6.07) is 28.6. The first kappa shape index (κ1) is 31.7. The molecule has 0 aliphatic rings. The normalized spacial score (nSPS) is 12.0. The van der Waals surface area contributed by atoms with Crippen LogP contribution in [0, 0.1) is 13.8 Å². The van der Waals surface area contributed by atoms with E-state index < -0.39 is 0 Å². The van der Waals surface area contributed by atoms with E-state index in [2.05, 4.69) is 82.4 Å². The number of hydrogen-bond donors (Lipinski definition) is 5. The van der Waals surface area contributed by atoms with Gasteiger partial charge in [0.15, 0.2) is 0 Å². The summed E-state index contributed by atoms with van der Waals surface area (Å²) >= 11 is 1.72. The van der Waals surface area contributed by atoms with Gasteiger partial charge in [-0.1, -0.05) is 59.7 Å². The minimum Gasteiger partial charge on any atom is -0.368 e. The van der Waals surface area contributed by atoms with Gasteiger partial charge in [0.05, 0.1) is 13.1 Å². The second-order valence-electron chi connectivity index (χ2n) is 11.9. The molecule has 7 N–H and O–H groups in total. The molecule has 7 aromatic rings. The summed E-state index contributed by atoms with van der Waals surface area (Å²) in [4.78, 5) is 34.2. The first-order valence-electron chi connectivity index (χ1n) is 15.8. The molecule has 0 aliphatic carbocycles. The lowest BCUT2D eigenvalue weighted by Gasteiger charge is -2.26. The van der Waals surface area contributed by atoms with Crippen LogP contribution in [0.15, 0.2) is 96.5 Å². The quantitative estimate of drug-likeness (QED) is 0.0938. The Labute approximate surface area is 287 Å². The van der Waals surface area contributed by atoms with Gasteiger partial charge in [0.1, 0.15) is 11.6 Å². The standard InChI is InChI=1S/C36H36N12S/c1-22-9-13-24(14-10-22)40-35-44-31(42-33(37)46-35)20-48(21-32-43-34(38)47-36(45-32)41-25-15-11-23(2)12-16-25)19-28(30-8-5-17-49-30)27-18-39-29-7-4-3-6-26(27)29/h3-18,28,39H,19-21H2,1-2H3,(H3,37,40,42,44,46)(H3,38,41,43,45,47). The number of aryl methyl sites for hydroxylation is 2. The van der Waals surface area contributed by atoms with Gasteiger partial charge in [-0.05, 0) is 61.2 Å². The summed E-state index contributed by atoms with van der Waals surface area (Å²) in [6.45, 7) is 5.36. The average molecular weight is 669 g/mol. The van der Waals surface area contributed by atoms with E-state index in [0.29, 0.717) is 43.2 Å². The molecule has 0 fully saturated rings. The van der Waals surface area contributed by atoms with Crippen molar-refractivity contribution in [3.8, 4) is 0 Å². The maximum absolute atomic E-state index is 6.22. The van der Waals surface area contributed by atoms with Gasteiger partial charge in [0, 0.05) is 45.8 Å². The van der Waals surface area contributed by atoms with Gasteiger partial charge in [0.2, 0.25) is 23.8 Å². The maximum Gasteiger partial charge on any atom is 0.232 e. The number of rotatable bonds is 12. The van der Waals surface area contributed by atoms with Crippen LogP contribution in [0.4, 0.5) is 35.2 Å². The van der Waals surface area contributed by atoms with Crippen LogP contribution in [0.2, 0.25) is 0 Å². The third-order valence-corrected chi connectivity index (χ3v) is 9.05. The predicted octanol–water partition coefficient (Wildman–Crippen LogP) is 6.70. The SMILES string of the molecule is Cc1ccc(Nc2nc(N)nc(CN(Cc3nc(N)nc(Nc4ccc(C)cc4)n3)CC(c3cccs3)c3c[nH]c4ccccc34)n2)cc1. The largest absolute Gasteiger partial charge is 0.368 e. The number of nitrogens with zero attached hydrogens (tertiary/aromatic N) is 7. The average Bonchev–Trinajstić information content (AvgIpc) is 3.76. The molecule has 0 saturated carbocycles. The van der Waals surface area contributed by atoms with E-state index in [1.807, 2.05) is 68.4 Å². The topological polar surface area (TPSA) is 172 Å². The van der Waals surface area contributed by atoms with E-state index in [4.69, 9.17) is 21.4 Å². The van der Waals surface area contributed by atoms with Gasteiger partial charge in [0.25, 0.3) is 0 Å². The lowest BCUT2D eigenvalue weighted by atomic mass is 9.96. The molecule has 49 heavy (non-hydrogen) atoms. The van der Waals surface area contributed by atoms with Crippen LogP contribution >= 0.6 is 11.3 Å². The molecule has 0 saturated heterocycles. The number of nitrogens with two attached hydrogens (primary N) is 2. The van der Waals surface area contributed by atoms with Gasteiger partial charge in [-0.3, -0.25) is 4.90 Å². The highest BCUT2D eigenvalue weighted by Crippen LogP contribution is 2.34. The summed E-state index contributed by atoms with van der Waals surface area (Å²) in [7, 11) is 0. The number of aromatic nitrogens is 7. The Hall–Kier alpha value is -5.92. The number of hydrogen-bond acceptors (Lipinski definition) is 12. The van der Waals surface area contributed by atoms with Crippen molar-refractivity contribution >= 4 is 57.4 Å². The van der Waals surface area contributed by atoms with Crippen molar-refractivity contribution in [3.05, 3.63) is 130 Å². The molecule has 13 heteroatoms. The summed E-state index contributed by atoms with van der Waals surface area (Å²) in [5.41, 5.74) is 18.7. The monoisotopic (exact) mass is 668 g/mol. The Balaban J connectivity index is 1.23. The zero-order valence-corrected chi connectivity index (χ0v) is 27.9. The number of aromatic amines is 1. The number of anilines is 6. The fourth-order valence-electron chi connectivity index (χ4n) is 5.72. The molecule has 7 rings (SSSR count). The minimum atomic E-state index is 0.0184. The van der Waals surface area contributed by atoms with Gasteiger partial charge < -0.3 is 27.1 Å². The van der Waals surface area contributed by atoms with E-state index in [-0.39, 0.29) is 17.8 Å². The Morgan fingerprint density at radius 3 is 1.82 bits per heavy atom. The number of benzene rings is 3. The number of para-hydroxylation sites is 1. The minimum absolute atomic E-state index is 0.0184. The van der Waals surface area contributed by atoms with E-state index in [1.165, 1.54) is 15.8 Å². The lowest BCUT2D eigenvalue weighted by molar-refractivity contribution is 0.237. The van der Waals surface area contributed by atoms with Crippen LogP contribution in [0.25, 0.3) is 10.9 Å². The highest BCUT2D eigenvalue weighted by Gasteiger charge is 2.24. The molecule has 0 aliphatic heterocycles. The maximum atomic E-state index is 6.22. The third-order valence-electron chi connectivity index (χ3n) is 8.07. The van der Waals surface area contributed by atoms with Crippen LogP contribution in [0.1, 0.15) is 39.1 Å². The summed E-state index contributed by atoms with van der Waals surface area (Å²) in [5.74, 6) is 2.01. The van der Waals surface area contributed by atoms with Crippen molar-refractivity contribution < 1.29 is 0 Å². The van der Waals surface area contributed by atoms with Crippen LogP contribution in [0.3, 0.4) is 0 Å². The Morgan fingerprint density at radius 1 is 0.694 bits per heavy atom. The molecule has 0 bridgehead atoms. The van der Waals surface area contributed by atoms with Crippen molar-refractivity contribution in [1.82, 2.24) is 39.8 Å². The molecule has 0 radical (unpaired) electrons. The Morgan fingerprint density at radius 2 is 1.27 bits per heavy atom. The van der Waals surface area contributed by atoms with Gasteiger partial charge in [-0.25, -0.2) is 0 Å². The van der Waals surface area contributed by atoms with E-state index >= 15 is 0 Å². The van der Waals surface area contributed by atoms with Crippen LogP contribution in [-0.2, 0) is 13.1 Å². The number of H-pyrrole nitrogens is 1. The fourth-order valence-corrected chi connectivity index (χ4v) is 6.55. The molecule has 0 amide bonds. The summed E-state index contributed by atoms with van der Waals surface area (Å²) < 4.78 is 0. The Kier molecular flexibility index (Phi) is 9.08. The lowest BCUT2D eigenvalue weighted by Crippen LogP contribution is -2.30. The highest BCUT2D eigenvalue weighted by atomic mass is 32.1. The third kappa shape index (κ3) is 7.80. The van der Waals surface area contributed by atoms with E-state index in [1.54, 1.807) is 11.3 Å². The summed E-state index contributed by atoms with van der Waals surface area (Å²) in [5, 5.41) is 9.80. The van der Waals surface area contributed by atoms with Crippen molar-refractivity contribution in [3.63, 3.8) is 0 Å². The molecule has 4 aromatic heterocycles. The van der Waals surface area contributed by atoms with Crippen LogP contribution in [-0.4, -0.2) is 46.3 Å². The van der Waals surface area contributed by atoms with Crippen LogP contribution in [0.5, 0.6) is 0 Å². The highest BCUT2D eigenvalue weighted by molar-refractivity contribution is 7.10. The molecule has 12 nitrogen and oxygen atoms in total. The van der Waals surface area contributed by atoms with Gasteiger partial charge in [-0.15, -0.1) is 11.3 Å². The van der Waals surface area contributed by atoms with Gasteiger partial charge >= 0.3 is 0 Å². The number of thiophene rings is 1. The molecule has 4 heterocycles. The molecule has 246 valence electrons.